The van der Waals surface area contributed by atoms with Crippen molar-refractivity contribution in [3.8, 4) is 17.1 Å². The molecule has 0 saturated heterocycles. The molecule has 2 aromatic heterocycles. The number of methoxy groups -OCH3 is 1. The molecular formula is C20H27N7O. The lowest BCUT2D eigenvalue weighted by atomic mass is 10.1. The number of H-pyrrole nitrogens is 1. The fraction of sp³-hybridized carbons (Fsp3) is 0.350. The standard InChI is InChI=1S/C20H27N7O/c1-13-11-17(26-25-13)22-20-16(9-10-27(3)4)19(21-2)23-18(24-20)14-7-6-8-15(12-14)28-5/h6-8,11-12H,9-10H2,1-5H3,(H3,21,22,23,24,25,26). The zero-order chi connectivity index (χ0) is 20.1. The van der Waals surface area contributed by atoms with Gasteiger partial charge in [-0.3, -0.25) is 5.10 Å². The molecule has 3 rings (SSSR count). The summed E-state index contributed by atoms with van der Waals surface area (Å²) in [5, 5.41) is 13.8. The largest absolute Gasteiger partial charge is 0.497 e. The van der Waals surface area contributed by atoms with Gasteiger partial charge in [0, 0.05) is 36.5 Å². The Balaban J connectivity index is 2.07. The van der Waals surface area contributed by atoms with Gasteiger partial charge in [-0.2, -0.15) is 5.10 Å². The molecule has 8 nitrogen and oxygen atoms in total. The lowest BCUT2D eigenvalue weighted by molar-refractivity contribution is 0.413. The average molecular weight is 381 g/mol. The molecule has 0 fully saturated rings. The number of likely N-dealkylation sites (N-methyl/N-ethyl adjacent to an activating group) is 1. The first-order valence-corrected chi connectivity index (χ1v) is 9.17. The van der Waals surface area contributed by atoms with Crippen molar-refractivity contribution in [3.63, 3.8) is 0 Å². The van der Waals surface area contributed by atoms with Crippen LogP contribution in [0.25, 0.3) is 11.4 Å². The first-order valence-electron chi connectivity index (χ1n) is 9.17. The Bertz CT molecular complexity index is 936. The highest BCUT2D eigenvalue weighted by Crippen LogP contribution is 2.29. The number of hydrogen-bond acceptors (Lipinski definition) is 7. The van der Waals surface area contributed by atoms with Gasteiger partial charge in [-0.25, -0.2) is 9.97 Å². The predicted octanol–water partition coefficient (Wildman–Crippen LogP) is 3.07. The summed E-state index contributed by atoms with van der Waals surface area (Å²) < 4.78 is 5.34. The van der Waals surface area contributed by atoms with Crippen LogP contribution in [0.4, 0.5) is 17.5 Å². The van der Waals surface area contributed by atoms with Gasteiger partial charge in [0.05, 0.1) is 7.11 Å². The van der Waals surface area contributed by atoms with Crippen LogP contribution in [0.5, 0.6) is 5.75 Å². The molecule has 0 saturated carbocycles. The number of anilines is 3. The Labute approximate surface area is 165 Å². The molecule has 0 atom stereocenters. The molecule has 3 aromatic rings. The highest BCUT2D eigenvalue weighted by Gasteiger charge is 2.16. The van der Waals surface area contributed by atoms with E-state index in [1.54, 1.807) is 7.11 Å². The smallest absolute Gasteiger partial charge is 0.164 e. The Morgan fingerprint density at radius 1 is 1.14 bits per heavy atom. The number of rotatable bonds is 8. The van der Waals surface area contributed by atoms with Gasteiger partial charge < -0.3 is 20.3 Å². The average Bonchev–Trinajstić information content (AvgIpc) is 3.10. The van der Waals surface area contributed by atoms with Crippen LogP contribution >= 0.6 is 0 Å². The molecule has 0 aliphatic rings. The number of aromatic amines is 1. The van der Waals surface area contributed by atoms with Crippen LogP contribution in [0.1, 0.15) is 11.3 Å². The number of nitrogens with one attached hydrogen (secondary N) is 3. The zero-order valence-electron chi connectivity index (χ0n) is 17.0. The van der Waals surface area contributed by atoms with Crippen LogP contribution in [0, 0.1) is 6.92 Å². The van der Waals surface area contributed by atoms with Gasteiger partial charge in [0.15, 0.2) is 11.6 Å². The van der Waals surface area contributed by atoms with E-state index in [2.05, 4.69) is 39.8 Å². The van der Waals surface area contributed by atoms with Gasteiger partial charge in [0.2, 0.25) is 0 Å². The van der Waals surface area contributed by atoms with E-state index in [0.29, 0.717) is 5.82 Å². The van der Waals surface area contributed by atoms with Gasteiger partial charge in [0.25, 0.3) is 0 Å². The van der Waals surface area contributed by atoms with E-state index < -0.39 is 0 Å². The van der Waals surface area contributed by atoms with Crippen molar-refractivity contribution in [2.24, 2.45) is 0 Å². The molecule has 0 unspecified atom stereocenters. The molecule has 2 heterocycles. The minimum absolute atomic E-state index is 0.617. The Kier molecular flexibility index (Phi) is 6.10. The molecule has 3 N–H and O–H groups in total. The fourth-order valence-electron chi connectivity index (χ4n) is 2.86. The van der Waals surface area contributed by atoms with Crippen molar-refractivity contribution in [1.82, 2.24) is 25.1 Å². The number of aromatic nitrogens is 4. The molecule has 0 aliphatic carbocycles. The maximum absolute atomic E-state index is 5.34. The molecule has 0 aliphatic heterocycles. The highest BCUT2D eigenvalue weighted by molar-refractivity contribution is 5.69. The van der Waals surface area contributed by atoms with Crippen molar-refractivity contribution >= 4 is 17.5 Å². The normalized spacial score (nSPS) is 10.9. The highest BCUT2D eigenvalue weighted by atomic mass is 16.5. The van der Waals surface area contributed by atoms with Crippen molar-refractivity contribution < 1.29 is 4.74 Å². The van der Waals surface area contributed by atoms with Gasteiger partial charge >= 0.3 is 0 Å². The van der Waals surface area contributed by atoms with E-state index in [0.717, 1.165) is 53.0 Å². The molecular weight excluding hydrogens is 354 g/mol. The number of benzene rings is 1. The zero-order valence-corrected chi connectivity index (χ0v) is 17.0. The third-order valence-electron chi connectivity index (χ3n) is 4.33. The number of hydrogen-bond donors (Lipinski definition) is 3. The summed E-state index contributed by atoms with van der Waals surface area (Å²) in [7, 11) is 7.62. The summed E-state index contributed by atoms with van der Waals surface area (Å²) in [6.45, 7) is 2.84. The van der Waals surface area contributed by atoms with E-state index >= 15 is 0 Å². The number of nitrogens with zero attached hydrogens (tertiary/aromatic N) is 4. The molecule has 148 valence electrons. The van der Waals surface area contributed by atoms with E-state index in [-0.39, 0.29) is 0 Å². The summed E-state index contributed by atoms with van der Waals surface area (Å²) >= 11 is 0. The van der Waals surface area contributed by atoms with Crippen LogP contribution in [-0.2, 0) is 6.42 Å². The first-order chi connectivity index (χ1) is 13.5. The van der Waals surface area contributed by atoms with E-state index in [1.165, 1.54) is 0 Å². The van der Waals surface area contributed by atoms with Gasteiger partial charge in [-0.15, -0.1) is 0 Å². The summed E-state index contributed by atoms with van der Waals surface area (Å²) in [5.74, 6) is 3.64. The van der Waals surface area contributed by atoms with E-state index in [9.17, 15) is 0 Å². The minimum atomic E-state index is 0.617. The lowest BCUT2D eigenvalue weighted by Gasteiger charge is -2.17. The Morgan fingerprint density at radius 3 is 2.57 bits per heavy atom. The summed E-state index contributed by atoms with van der Waals surface area (Å²) in [6, 6.07) is 9.68. The summed E-state index contributed by atoms with van der Waals surface area (Å²) in [4.78, 5) is 11.7. The number of ether oxygens (including phenoxy) is 1. The topological polar surface area (TPSA) is 91.0 Å². The van der Waals surface area contributed by atoms with E-state index in [4.69, 9.17) is 14.7 Å². The quantitative estimate of drug-likeness (QED) is 0.552. The van der Waals surface area contributed by atoms with Gasteiger partial charge in [0.1, 0.15) is 17.4 Å². The second kappa shape index (κ2) is 8.71. The van der Waals surface area contributed by atoms with Crippen molar-refractivity contribution in [2.75, 3.05) is 45.4 Å². The van der Waals surface area contributed by atoms with Crippen molar-refractivity contribution in [2.45, 2.75) is 13.3 Å². The maximum Gasteiger partial charge on any atom is 0.164 e. The van der Waals surface area contributed by atoms with Gasteiger partial charge in [-0.05, 0) is 39.6 Å². The Morgan fingerprint density at radius 2 is 1.93 bits per heavy atom. The monoisotopic (exact) mass is 381 g/mol. The van der Waals surface area contributed by atoms with Crippen LogP contribution in [0.3, 0.4) is 0 Å². The molecule has 0 spiro atoms. The molecule has 8 heteroatoms. The number of aryl methyl sites for hydroxylation is 1. The summed E-state index contributed by atoms with van der Waals surface area (Å²) in [6.07, 6.45) is 0.799. The molecule has 0 amide bonds. The first kappa shape index (κ1) is 19.6. The third kappa shape index (κ3) is 4.58. The lowest BCUT2D eigenvalue weighted by Crippen LogP contribution is -2.17. The van der Waals surface area contributed by atoms with Gasteiger partial charge in [-0.1, -0.05) is 12.1 Å². The molecule has 0 radical (unpaired) electrons. The third-order valence-corrected chi connectivity index (χ3v) is 4.33. The van der Waals surface area contributed by atoms with Crippen molar-refractivity contribution in [3.05, 3.63) is 41.6 Å². The second-order valence-electron chi connectivity index (χ2n) is 6.82. The Hall–Kier alpha value is -3.13. The van der Waals surface area contributed by atoms with Crippen LogP contribution in [0.2, 0.25) is 0 Å². The summed E-state index contributed by atoms with van der Waals surface area (Å²) in [5.41, 5.74) is 2.88. The van der Waals surface area contributed by atoms with Crippen LogP contribution < -0.4 is 15.4 Å². The molecule has 1 aromatic carbocycles. The van der Waals surface area contributed by atoms with Crippen molar-refractivity contribution in [1.29, 1.82) is 0 Å². The molecule has 28 heavy (non-hydrogen) atoms. The minimum Gasteiger partial charge on any atom is -0.497 e. The predicted molar refractivity (Wildman–Crippen MR) is 112 cm³/mol. The maximum atomic E-state index is 5.34. The SMILES string of the molecule is CNc1nc(-c2cccc(OC)c2)nc(Nc2cc(C)[nH]n2)c1CCN(C)C. The fourth-order valence-corrected chi connectivity index (χ4v) is 2.86. The second-order valence-corrected chi connectivity index (χ2v) is 6.82. The van der Waals surface area contributed by atoms with Crippen LogP contribution in [-0.4, -0.2) is 59.9 Å². The van der Waals surface area contributed by atoms with E-state index in [1.807, 2.05) is 44.3 Å². The van der Waals surface area contributed by atoms with Crippen LogP contribution in [0.15, 0.2) is 30.3 Å². The molecule has 0 bridgehead atoms.